The van der Waals surface area contributed by atoms with E-state index in [0.717, 1.165) is 17.8 Å². The van der Waals surface area contributed by atoms with E-state index >= 15 is 0 Å². The standard InChI is InChI=1S/C17H23N5O2/c1-14-3-6-22(20-14)7-4-17(23)21-8-9-24-12-15(11-21)10-16-2-5-18-13-19-16/h2-3,5-6,13,15H,4,7-12H2,1H3/t15-/m1/s1. The van der Waals surface area contributed by atoms with E-state index in [4.69, 9.17) is 4.74 Å². The first-order valence-corrected chi connectivity index (χ1v) is 8.31. The van der Waals surface area contributed by atoms with E-state index < -0.39 is 0 Å². The summed E-state index contributed by atoms with van der Waals surface area (Å²) in [4.78, 5) is 22.7. The highest BCUT2D eigenvalue weighted by Gasteiger charge is 2.23. The highest BCUT2D eigenvalue weighted by molar-refractivity contribution is 5.76. The van der Waals surface area contributed by atoms with E-state index in [-0.39, 0.29) is 11.8 Å². The van der Waals surface area contributed by atoms with Gasteiger partial charge in [-0.25, -0.2) is 9.97 Å². The summed E-state index contributed by atoms with van der Waals surface area (Å²) in [6.45, 7) is 5.17. The molecule has 2 aromatic rings. The number of hydrogen-bond acceptors (Lipinski definition) is 5. The SMILES string of the molecule is Cc1ccn(CCC(=O)N2CCOC[C@H](Cc3ccncn3)C2)n1. The van der Waals surface area contributed by atoms with Crippen molar-refractivity contribution in [2.45, 2.75) is 26.3 Å². The molecule has 7 nitrogen and oxygen atoms in total. The normalized spacial score (nSPS) is 18.4. The van der Waals surface area contributed by atoms with E-state index in [1.807, 2.05) is 34.8 Å². The Hall–Kier alpha value is -2.28. The van der Waals surface area contributed by atoms with E-state index in [9.17, 15) is 4.79 Å². The van der Waals surface area contributed by atoms with Crippen molar-refractivity contribution in [2.24, 2.45) is 5.92 Å². The molecule has 1 amide bonds. The Labute approximate surface area is 141 Å². The van der Waals surface area contributed by atoms with Crippen molar-refractivity contribution in [1.29, 1.82) is 0 Å². The summed E-state index contributed by atoms with van der Waals surface area (Å²) in [7, 11) is 0. The third-order valence-corrected chi connectivity index (χ3v) is 4.16. The van der Waals surface area contributed by atoms with Crippen molar-refractivity contribution < 1.29 is 9.53 Å². The second kappa shape index (κ2) is 8.01. The van der Waals surface area contributed by atoms with E-state index in [0.29, 0.717) is 39.3 Å². The Morgan fingerprint density at radius 3 is 3.08 bits per heavy atom. The fraction of sp³-hybridized carbons (Fsp3) is 0.529. The fourth-order valence-corrected chi connectivity index (χ4v) is 2.92. The number of rotatable bonds is 5. The molecule has 0 unspecified atom stereocenters. The molecule has 1 aliphatic heterocycles. The number of hydrogen-bond donors (Lipinski definition) is 0. The highest BCUT2D eigenvalue weighted by atomic mass is 16.5. The second-order valence-electron chi connectivity index (χ2n) is 6.16. The Morgan fingerprint density at radius 2 is 2.33 bits per heavy atom. The van der Waals surface area contributed by atoms with Gasteiger partial charge >= 0.3 is 0 Å². The number of carbonyl (C=O) groups excluding carboxylic acids is 1. The minimum atomic E-state index is 0.154. The molecule has 128 valence electrons. The monoisotopic (exact) mass is 329 g/mol. The van der Waals surface area contributed by atoms with Gasteiger partial charge in [0.15, 0.2) is 0 Å². The fourth-order valence-electron chi connectivity index (χ4n) is 2.92. The van der Waals surface area contributed by atoms with Gasteiger partial charge in [-0.05, 0) is 25.5 Å². The molecule has 1 aliphatic rings. The summed E-state index contributed by atoms with van der Waals surface area (Å²) in [6.07, 6.45) is 6.47. The lowest BCUT2D eigenvalue weighted by Gasteiger charge is -2.23. The lowest BCUT2D eigenvalue weighted by atomic mass is 10.0. The van der Waals surface area contributed by atoms with Gasteiger partial charge in [0.2, 0.25) is 5.91 Å². The van der Waals surface area contributed by atoms with Crippen LogP contribution in [0.15, 0.2) is 30.9 Å². The van der Waals surface area contributed by atoms with E-state index in [1.165, 1.54) is 0 Å². The van der Waals surface area contributed by atoms with Crippen LogP contribution in [-0.4, -0.2) is 56.9 Å². The van der Waals surface area contributed by atoms with Crippen molar-refractivity contribution in [3.63, 3.8) is 0 Å². The Bertz CT molecular complexity index is 658. The van der Waals surface area contributed by atoms with Crippen molar-refractivity contribution in [3.8, 4) is 0 Å². The summed E-state index contributed by atoms with van der Waals surface area (Å²) in [5.74, 6) is 0.416. The summed E-state index contributed by atoms with van der Waals surface area (Å²) < 4.78 is 7.49. The van der Waals surface area contributed by atoms with Gasteiger partial charge in [-0.1, -0.05) is 0 Å². The second-order valence-corrected chi connectivity index (χ2v) is 6.16. The zero-order valence-corrected chi connectivity index (χ0v) is 14.0. The van der Waals surface area contributed by atoms with Gasteiger partial charge < -0.3 is 9.64 Å². The quantitative estimate of drug-likeness (QED) is 0.821. The predicted molar refractivity (Wildman–Crippen MR) is 88.2 cm³/mol. The lowest BCUT2D eigenvalue weighted by molar-refractivity contribution is -0.131. The van der Waals surface area contributed by atoms with Crippen LogP contribution in [0.2, 0.25) is 0 Å². The smallest absolute Gasteiger partial charge is 0.224 e. The van der Waals surface area contributed by atoms with Crippen LogP contribution in [0.4, 0.5) is 0 Å². The molecule has 0 saturated carbocycles. The van der Waals surface area contributed by atoms with Crippen molar-refractivity contribution >= 4 is 5.91 Å². The zero-order chi connectivity index (χ0) is 16.8. The van der Waals surface area contributed by atoms with Crippen molar-refractivity contribution in [2.75, 3.05) is 26.3 Å². The molecule has 1 saturated heterocycles. The van der Waals surface area contributed by atoms with Crippen LogP contribution < -0.4 is 0 Å². The van der Waals surface area contributed by atoms with Gasteiger partial charge in [0.25, 0.3) is 0 Å². The molecule has 7 heteroatoms. The minimum absolute atomic E-state index is 0.154. The molecule has 0 aromatic carbocycles. The molecular formula is C17H23N5O2. The predicted octanol–water partition coefficient (Wildman–Crippen LogP) is 1.09. The molecule has 24 heavy (non-hydrogen) atoms. The molecule has 0 N–H and O–H groups in total. The summed E-state index contributed by atoms with van der Waals surface area (Å²) in [6, 6.07) is 3.86. The van der Waals surface area contributed by atoms with Crippen LogP contribution >= 0.6 is 0 Å². The van der Waals surface area contributed by atoms with Crippen molar-refractivity contribution in [3.05, 3.63) is 42.2 Å². The average Bonchev–Trinajstić information content (AvgIpc) is 2.87. The number of aryl methyl sites for hydroxylation is 2. The minimum Gasteiger partial charge on any atom is -0.379 e. The molecule has 2 aromatic heterocycles. The highest BCUT2D eigenvalue weighted by Crippen LogP contribution is 2.13. The van der Waals surface area contributed by atoms with Gasteiger partial charge in [0, 0.05) is 50.1 Å². The molecule has 0 spiro atoms. The summed E-state index contributed by atoms with van der Waals surface area (Å²) >= 11 is 0. The first-order chi connectivity index (χ1) is 11.7. The van der Waals surface area contributed by atoms with Gasteiger partial charge in [0.05, 0.1) is 18.9 Å². The molecule has 0 bridgehead atoms. The zero-order valence-electron chi connectivity index (χ0n) is 14.0. The third kappa shape index (κ3) is 4.61. The van der Waals surface area contributed by atoms with Crippen LogP contribution in [0.5, 0.6) is 0 Å². The number of amides is 1. The summed E-state index contributed by atoms with van der Waals surface area (Å²) in [5.41, 5.74) is 1.95. The Kier molecular flexibility index (Phi) is 5.53. The van der Waals surface area contributed by atoms with Crippen LogP contribution in [0.1, 0.15) is 17.8 Å². The largest absolute Gasteiger partial charge is 0.379 e. The van der Waals surface area contributed by atoms with Crippen LogP contribution in [-0.2, 0) is 22.5 Å². The number of carbonyl (C=O) groups is 1. The summed E-state index contributed by atoms with van der Waals surface area (Å²) in [5, 5.41) is 4.32. The average molecular weight is 329 g/mol. The topological polar surface area (TPSA) is 73.1 Å². The maximum absolute atomic E-state index is 12.5. The Morgan fingerprint density at radius 1 is 1.42 bits per heavy atom. The molecule has 3 rings (SSSR count). The lowest BCUT2D eigenvalue weighted by Crippen LogP contribution is -2.37. The molecule has 0 aliphatic carbocycles. The van der Waals surface area contributed by atoms with Gasteiger partial charge in [-0.3, -0.25) is 9.48 Å². The third-order valence-electron chi connectivity index (χ3n) is 4.16. The van der Waals surface area contributed by atoms with Gasteiger partial charge in [-0.15, -0.1) is 0 Å². The first-order valence-electron chi connectivity index (χ1n) is 8.31. The van der Waals surface area contributed by atoms with Gasteiger partial charge in [-0.2, -0.15) is 5.10 Å². The molecule has 1 fully saturated rings. The molecule has 0 radical (unpaired) electrons. The molecule has 1 atom stereocenters. The van der Waals surface area contributed by atoms with E-state index in [1.54, 1.807) is 12.5 Å². The maximum atomic E-state index is 12.5. The molecular weight excluding hydrogens is 306 g/mol. The molecule has 3 heterocycles. The van der Waals surface area contributed by atoms with Crippen molar-refractivity contribution in [1.82, 2.24) is 24.6 Å². The number of ether oxygens (including phenoxy) is 1. The van der Waals surface area contributed by atoms with Gasteiger partial charge in [0.1, 0.15) is 6.33 Å². The number of aromatic nitrogens is 4. The van der Waals surface area contributed by atoms with Crippen LogP contribution in [0.25, 0.3) is 0 Å². The van der Waals surface area contributed by atoms with Crippen LogP contribution in [0.3, 0.4) is 0 Å². The maximum Gasteiger partial charge on any atom is 0.224 e. The number of nitrogens with zero attached hydrogens (tertiary/aromatic N) is 5. The van der Waals surface area contributed by atoms with Crippen LogP contribution in [0, 0.1) is 12.8 Å². The Balaban J connectivity index is 1.54. The first kappa shape index (κ1) is 16.6. The van der Waals surface area contributed by atoms with E-state index in [2.05, 4.69) is 15.1 Å².